The predicted octanol–water partition coefficient (Wildman–Crippen LogP) is 2.97. The zero-order chi connectivity index (χ0) is 8.27. The van der Waals surface area contributed by atoms with E-state index in [2.05, 4.69) is 13.2 Å². The van der Waals surface area contributed by atoms with E-state index in [0.29, 0.717) is 11.8 Å². The van der Waals surface area contributed by atoms with Gasteiger partial charge in [0, 0.05) is 0 Å². The van der Waals surface area contributed by atoms with E-state index < -0.39 is 0 Å². The Labute approximate surface area is 67.8 Å². The Morgan fingerprint density at radius 1 is 1.27 bits per heavy atom. The fourth-order valence-electron chi connectivity index (χ4n) is 1.86. The Morgan fingerprint density at radius 3 is 2.36 bits per heavy atom. The highest BCUT2D eigenvalue weighted by Gasteiger charge is 2.30. The van der Waals surface area contributed by atoms with Crippen molar-refractivity contribution < 1.29 is 4.39 Å². The standard InChI is InChI=1S/C10H15F/c1-3-8-5-9(4-2)10(6-8)7-11/h3-4,8-10H,1-2,5-7H2. The summed E-state index contributed by atoms with van der Waals surface area (Å²) in [6, 6.07) is 0. The van der Waals surface area contributed by atoms with Crippen molar-refractivity contribution in [2.45, 2.75) is 12.8 Å². The van der Waals surface area contributed by atoms with Crippen LogP contribution in [0.3, 0.4) is 0 Å². The lowest BCUT2D eigenvalue weighted by molar-refractivity contribution is 0.327. The molecule has 0 aromatic heterocycles. The third kappa shape index (κ3) is 1.70. The second-order valence-electron chi connectivity index (χ2n) is 3.28. The Hall–Kier alpha value is -0.590. The zero-order valence-electron chi connectivity index (χ0n) is 6.80. The molecule has 1 aliphatic rings. The number of halogens is 1. The third-order valence-corrected chi connectivity index (χ3v) is 2.62. The summed E-state index contributed by atoms with van der Waals surface area (Å²) in [4.78, 5) is 0. The summed E-state index contributed by atoms with van der Waals surface area (Å²) in [5, 5.41) is 0. The lowest BCUT2D eigenvalue weighted by atomic mass is 9.98. The summed E-state index contributed by atoms with van der Waals surface area (Å²) in [5.41, 5.74) is 0. The first-order valence-electron chi connectivity index (χ1n) is 4.12. The number of allylic oxidation sites excluding steroid dienone is 2. The largest absolute Gasteiger partial charge is 0.251 e. The van der Waals surface area contributed by atoms with Crippen molar-refractivity contribution in [1.29, 1.82) is 0 Å². The van der Waals surface area contributed by atoms with Crippen LogP contribution in [0.2, 0.25) is 0 Å². The molecule has 0 saturated heterocycles. The SMILES string of the molecule is C=CC1CC(C=C)C(CF)C1. The summed E-state index contributed by atoms with van der Waals surface area (Å²) >= 11 is 0. The molecule has 3 atom stereocenters. The van der Waals surface area contributed by atoms with Gasteiger partial charge < -0.3 is 0 Å². The fraction of sp³-hybridized carbons (Fsp3) is 0.600. The topological polar surface area (TPSA) is 0 Å². The van der Waals surface area contributed by atoms with Gasteiger partial charge in [0.15, 0.2) is 0 Å². The molecule has 0 aromatic carbocycles. The van der Waals surface area contributed by atoms with Gasteiger partial charge in [-0.2, -0.15) is 0 Å². The van der Waals surface area contributed by atoms with E-state index in [4.69, 9.17) is 0 Å². The molecule has 0 N–H and O–H groups in total. The second kappa shape index (κ2) is 3.70. The molecule has 0 amide bonds. The first-order chi connectivity index (χ1) is 5.31. The minimum absolute atomic E-state index is 0.204. The van der Waals surface area contributed by atoms with Crippen LogP contribution in [0.4, 0.5) is 4.39 Å². The van der Waals surface area contributed by atoms with Crippen molar-refractivity contribution >= 4 is 0 Å². The van der Waals surface area contributed by atoms with E-state index in [1.54, 1.807) is 0 Å². The normalized spacial score (nSPS) is 37.0. The fourth-order valence-corrected chi connectivity index (χ4v) is 1.86. The van der Waals surface area contributed by atoms with Crippen LogP contribution in [-0.2, 0) is 0 Å². The summed E-state index contributed by atoms with van der Waals surface area (Å²) in [7, 11) is 0. The Balaban J connectivity index is 2.53. The molecule has 0 bridgehead atoms. The van der Waals surface area contributed by atoms with E-state index in [0.717, 1.165) is 12.8 Å². The lowest BCUT2D eigenvalue weighted by Crippen LogP contribution is -2.06. The van der Waals surface area contributed by atoms with Gasteiger partial charge in [-0.1, -0.05) is 12.2 Å². The van der Waals surface area contributed by atoms with Crippen LogP contribution in [-0.4, -0.2) is 6.67 Å². The van der Waals surface area contributed by atoms with Gasteiger partial charge >= 0.3 is 0 Å². The van der Waals surface area contributed by atoms with Crippen LogP contribution in [0.1, 0.15) is 12.8 Å². The van der Waals surface area contributed by atoms with Gasteiger partial charge in [0.2, 0.25) is 0 Å². The van der Waals surface area contributed by atoms with Gasteiger partial charge in [-0.15, -0.1) is 13.2 Å². The Bertz CT molecular complexity index is 151. The average Bonchev–Trinajstić information content (AvgIpc) is 2.46. The van der Waals surface area contributed by atoms with E-state index in [1.165, 1.54) is 0 Å². The van der Waals surface area contributed by atoms with Crippen LogP contribution in [0.5, 0.6) is 0 Å². The molecule has 0 aliphatic heterocycles. The number of hydrogen-bond acceptors (Lipinski definition) is 0. The minimum Gasteiger partial charge on any atom is -0.251 e. The van der Waals surface area contributed by atoms with Crippen molar-refractivity contribution in [3.05, 3.63) is 25.3 Å². The summed E-state index contributed by atoms with van der Waals surface area (Å²) in [5.74, 6) is 1.09. The smallest absolute Gasteiger partial charge is 0.0928 e. The molecule has 0 spiro atoms. The molecule has 0 nitrogen and oxygen atoms in total. The molecule has 1 aliphatic carbocycles. The van der Waals surface area contributed by atoms with Crippen molar-refractivity contribution in [3.8, 4) is 0 Å². The van der Waals surface area contributed by atoms with E-state index in [1.807, 2.05) is 12.2 Å². The summed E-state index contributed by atoms with van der Waals surface area (Å²) < 4.78 is 12.4. The Morgan fingerprint density at radius 2 is 2.00 bits per heavy atom. The van der Waals surface area contributed by atoms with Crippen LogP contribution in [0.25, 0.3) is 0 Å². The minimum atomic E-state index is -0.207. The van der Waals surface area contributed by atoms with Gasteiger partial charge in [-0.25, -0.2) is 0 Å². The van der Waals surface area contributed by atoms with Crippen LogP contribution in [0.15, 0.2) is 25.3 Å². The molecular weight excluding hydrogens is 139 g/mol. The molecule has 0 heterocycles. The zero-order valence-corrected chi connectivity index (χ0v) is 6.80. The maximum atomic E-state index is 12.4. The lowest BCUT2D eigenvalue weighted by Gasteiger charge is -2.09. The monoisotopic (exact) mass is 154 g/mol. The maximum absolute atomic E-state index is 12.4. The number of alkyl halides is 1. The first kappa shape index (κ1) is 8.51. The first-order valence-corrected chi connectivity index (χ1v) is 4.12. The Kier molecular flexibility index (Phi) is 2.86. The van der Waals surface area contributed by atoms with Crippen molar-refractivity contribution in [3.63, 3.8) is 0 Å². The molecule has 3 unspecified atom stereocenters. The van der Waals surface area contributed by atoms with E-state index in [9.17, 15) is 4.39 Å². The predicted molar refractivity (Wildman–Crippen MR) is 46.1 cm³/mol. The van der Waals surface area contributed by atoms with Crippen LogP contribution in [0, 0.1) is 17.8 Å². The maximum Gasteiger partial charge on any atom is 0.0928 e. The second-order valence-corrected chi connectivity index (χ2v) is 3.28. The molecule has 1 rings (SSSR count). The molecule has 11 heavy (non-hydrogen) atoms. The number of hydrogen-bond donors (Lipinski definition) is 0. The third-order valence-electron chi connectivity index (χ3n) is 2.62. The van der Waals surface area contributed by atoms with Crippen LogP contribution >= 0.6 is 0 Å². The average molecular weight is 154 g/mol. The quantitative estimate of drug-likeness (QED) is 0.548. The molecule has 1 saturated carbocycles. The summed E-state index contributed by atoms with van der Waals surface area (Å²) in [6.07, 6.45) is 5.82. The summed E-state index contributed by atoms with van der Waals surface area (Å²) in [6.45, 7) is 7.22. The molecule has 1 fully saturated rings. The highest BCUT2D eigenvalue weighted by Crippen LogP contribution is 2.37. The van der Waals surface area contributed by atoms with E-state index >= 15 is 0 Å². The van der Waals surface area contributed by atoms with Crippen molar-refractivity contribution in [2.24, 2.45) is 17.8 Å². The molecule has 1 heteroatoms. The van der Waals surface area contributed by atoms with E-state index in [-0.39, 0.29) is 12.6 Å². The molecule has 0 radical (unpaired) electrons. The van der Waals surface area contributed by atoms with Gasteiger partial charge in [0.25, 0.3) is 0 Å². The number of rotatable bonds is 3. The molecule has 0 aromatic rings. The van der Waals surface area contributed by atoms with Gasteiger partial charge in [-0.05, 0) is 30.6 Å². The highest BCUT2D eigenvalue weighted by molar-refractivity contribution is 4.97. The van der Waals surface area contributed by atoms with Crippen molar-refractivity contribution in [2.75, 3.05) is 6.67 Å². The van der Waals surface area contributed by atoms with Crippen LogP contribution < -0.4 is 0 Å². The van der Waals surface area contributed by atoms with Gasteiger partial charge in [-0.3, -0.25) is 4.39 Å². The van der Waals surface area contributed by atoms with Crippen molar-refractivity contribution in [1.82, 2.24) is 0 Å². The molecule has 62 valence electrons. The van der Waals surface area contributed by atoms with Gasteiger partial charge in [0.1, 0.15) is 0 Å². The molecular formula is C10H15F. The van der Waals surface area contributed by atoms with Gasteiger partial charge in [0.05, 0.1) is 6.67 Å². The highest BCUT2D eigenvalue weighted by atomic mass is 19.1.